The van der Waals surface area contributed by atoms with Crippen LogP contribution in [0.2, 0.25) is 0 Å². The van der Waals surface area contributed by atoms with E-state index in [1.54, 1.807) is 7.11 Å². The van der Waals surface area contributed by atoms with E-state index in [-0.39, 0.29) is 11.9 Å². The highest BCUT2D eigenvalue weighted by Crippen LogP contribution is 2.23. The summed E-state index contributed by atoms with van der Waals surface area (Å²) in [5.41, 5.74) is 7.62. The van der Waals surface area contributed by atoms with Crippen LogP contribution in [0.3, 0.4) is 0 Å². The van der Waals surface area contributed by atoms with Gasteiger partial charge >= 0.3 is 0 Å². The third-order valence-corrected chi connectivity index (χ3v) is 3.57. The molecule has 0 saturated carbocycles. The number of hydrogen-bond acceptors (Lipinski definition) is 4. The Kier molecular flexibility index (Phi) is 4.67. The molecule has 0 bridgehead atoms. The maximum absolute atomic E-state index is 11.9. The molecule has 1 unspecified atom stereocenters. The summed E-state index contributed by atoms with van der Waals surface area (Å²) in [5, 5.41) is 2.94. The van der Waals surface area contributed by atoms with Gasteiger partial charge in [0.2, 0.25) is 11.9 Å². The Bertz CT molecular complexity index is 636. The highest BCUT2D eigenvalue weighted by molar-refractivity contribution is 5.80. The minimum atomic E-state index is 0.0218. The summed E-state index contributed by atoms with van der Waals surface area (Å²) in [4.78, 5) is 16.2. The van der Waals surface area contributed by atoms with Crippen molar-refractivity contribution in [3.8, 4) is 5.75 Å². The fourth-order valence-electron chi connectivity index (χ4n) is 2.15. The van der Waals surface area contributed by atoms with Gasteiger partial charge in [0.1, 0.15) is 5.75 Å². The van der Waals surface area contributed by atoms with Gasteiger partial charge in [-0.3, -0.25) is 4.79 Å². The molecule has 1 amide bonds. The largest absolute Gasteiger partial charge is 0.497 e. The predicted octanol–water partition coefficient (Wildman–Crippen LogP) is 1.93. The number of benzene rings is 1. The molecular formula is C15H22N4O2. The monoisotopic (exact) mass is 290 g/mol. The number of imidazole rings is 1. The lowest BCUT2D eigenvalue weighted by Gasteiger charge is -2.12. The molecule has 114 valence electrons. The van der Waals surface area contributed by atoms with E-state index in [2.05, 4.69) is 10.3 Å². The third-order valence-electron chi connectivity index (χ3n) is 3.57. The van der Waals surface area contributed by atoms with Gasteiger partial charge in [0.25, 0.3) is 0 Å². The third kappa shape index (κ3) is 3.45. The number of carbonyl (C=O) groups is 1. The summed E-state index contributed by atoms with van der Waals surface area (Å²) in [7, 11) is 1.62. The normalized spacial score (nSPS) is 12.3. The fourth-order valence-corrected chi connectivity index (χ4v) is 2.15. The molecule has 0 aliphatic heterocycles. The molecule has 0 fully saturated rings. The second-order valence-electron chi connectivity index (χ2n) is 5.10. The molecule has 6 nitrogen and oxygen atoms in total. The average Bonchev–Trinajstić information content (AvgIpc) is 2.79. The van der Waals surface area contributed by atoms with Crippen molar-refractivity contribution in [2.75, 3.05) is 12.8 Å². The number of anilines is 1. The van der Waals surface area contributed by atoms with Crippen LogP contribution in [0.4, 0.5) is 5.95 Å². The first-order chi connectivity index (χ1) is 10.0. The molecule has 6 heteroatoms. The smallest absolute Gasteiger partial charge is 0.222 e. The van der Waals surface area contributed by atoms with E-state index in [0.29, 0.717) is 18.9 Å². The number of aryl methyl sites for hydroxylation is 1. The van der Waals surface area contributed by atoms with Crippen LogP contribution in [0, 0.1) is 0 Å². The first-order valence-electron chi connectivity index (χ1n) is 7.14. The zero-order valence-corrected chi connectivity index (χ0v) is 12.7. The SMILES string of the molecule is CCC(C)NC(=O)CCn1c(N)nc2ccc(OC)cc21. The van der Waals surface area contributed by atoms with Crippen LogP contribution < -0.4 is 15.8 Å². The maximum atomic E-state index is 11.9. The first-order valence-corrected chi connectivity index (χ1v) is 7.14. The van der Waals surface area contributed by atoms with Crippen molar-refractivity contribution in [2.45, 2.75) is 39.3 Å². The number of nitrogens with two attached hydrogens (primary N) is 1. The summed E-state index contributed by atoms with van der Waals surface area (Å²) < 4.78 is 7.06. The van der Waals surface area contributed by atoms with E-state index in [4.69, 9.17) is 10.5 Å². The van der Waals surface area contributed by atoms with E-state index >= 15 is 0 Å². The highest BCUT2D eigenvalue weighted by Gasteiger charge is 2.11. The Hall–Kier alpha value is -2.24. The van der Waals surface area contributed by atoms with Crippen molar-refractivity contribution < 1.29 is 9.53 Å². The van der Waals surface area contributed by atoms with Crippen LogP contribution in [0.1, 0.15) is 26.7 Å². The lowest BCUT2D eigenvalue weighted by atomic mass is 10.2. The maximum Gasteiger partial charge on any atom is 0.222 e. The quantitative estimate of drug-likeness (QED) is 0.851. The van der Waals surface area contributed by atoms with Gasteiger partial charge in [0.15, 0.2) is 0 Å². The number of carbonyl (C=O) groups excluding carboxylic acids is 1. The van der Waals surface area contributed by atoms with Crippen molar-refractivity contribution in [3.05, 3.63) is 18.2 Å². The molecule has 0 aliphatic rings. The summed E-state index contributed by atoms with van der Waals surface area (Å²) in [5.74, 6) is 1.18. The van der Waals surface area contributed by atoms with Crippen LogP contribution >= 0.6 is 0 Å². The highest BCUT2D eigenvalue weighted by atomic mass is 16.5. The molecule has 1 heterocycles. The minimum Gasteiger partial charge on any atom is -0.497 e. The molecule has 1 atom stereocenters. The van der Waals surface area contributed by atoms with Gasteiger partial charge < -0.3 is 20.4 Å². The molecule has 0 aliphatic carbocycles. The number of nitrogens with one attached hydrogen (secondary N) is 1. The Morgan fingerprint density at radius 1 is 1.52 bits per heavy atom. The standard InChI is InChI=1S/C15H22N4O2/c1-4-10(2)17-14(20)7-8-19-13-9-11(21-3)5-6-12(13)18-15(19)16/h5-6,9-10H,4,7-8H2,1-3H3,(H2,16,18)(H,17,20). The van der Waals surface area contributed by atoms with Crippen molar-refractivity contribution >= 4 is 22.9 Å². The van der Waals surface area contributed by atoms with Crippen LogP contribution in [-0.4, -0.2) is 28.6 Å². The molecule has 0 spiro atoms. The lowest BCUT2D eigenvalue weighted by Crippen LogP contribution is -2.32. The van der Waals surface area contributed by atoms with Crippen LogP contribution in [0.25, 0.3) is 11.0 Å². The van der Waals surface area contributed by atoms with E-state index in [9.17, 15) is 4.79 Å². The number of nitrogen functional groups attached to an aromatic ring is 1. The van der Waals surface area contributed by atoms with Crippen molar-refractivity contribution in [1.82, 2.24) is 14.9 Å². The number of rotatable bonds is 6. The fraction of sp³-hybridized carbons (Fsp3) is 0.467. The van der Waals surface area contributed by atoms with Gasteiger partial charge in [-0.15, -0.1) is 0 Å². The molecule has 21 heavy (non-hydrogen) atoms. The number of amides is 1. The zero-order chi connectivity index (χ0) is 15.4. The van der Waals surface area contributed by atoms with Crippen LogP contribution in [0.15, 0.2) is 18.2 Å². The minimum absolute atomic E-state index is 0.0218. The molecule has 2 rings (SSSR count). The second kappa shape index (κ2) is 6.47. The van der Waals surface area contributed by atoms with Crippen molar-refractivity contribution in [3.63, 3.8) is 0 Å². The van der Waals surface area contributed by atoms with Gasteiger partial charge in [-0.05, 0) is 25.5 Å². The van der Waals surface area contributed by atoms with Gasteiger partial charge in [-0.25, -0.2) is 4.98 Å². The lowest BCUT2D eigenvalue weighted by molar-refractivity contribution is -0.121. The predicted molar refractivity (Wildman–Crippen MR) is 83.2 cm³/mol. The number of ether oxygens (including phenoxy) is 1. The number of nitrogens with zero attached hydrogens (tertiary/aromatic N) is 2. The van der Waals surface area contributed by atoms with E-state index < -0.39 is 0 Å². The summed E-state index contributed by atoms with van der Waals surface area (Å²) in [6.45, 7) is 4.53. The topological polar surface area (TPSA) is 82.2 Å². The van der Waals surface area contributed by atoms with Gasteiger partial charge in [-0.2, -0.15) is 0 Å². The molecule has 0 saturated heterocycles. The number of methoxy groups -OCH3 is 1. The van der Waals surface area contributed by atoms with E-state index in [1.165, 1.54) is 0 Å². The summed E-state index contributed by atoms with van der Waals surface area (Å²) >= 11 is 0. The Labute approximate surface area is 124 Å². The number of hydrogen-bond donors (Lipinski definition) is 2. The van der Waals surface area contributed by atoms with Crippen LogP contribution in [0.5, 0.6) is 5.75 Å². The first kappa shape index (κ1) is 15.2. The van der Waals surface area contributed by atoms with Crippen LogP contribution in [-0.2, 0) is 11.3 Å². The van der Waals surface area contributed by atoms with Gasteiger partial charge in [-0.1, -0.05) is 6.92 Å². The Balaban J connectivity index is 2.14. The number of fused-ring (bicyclic) bond motifs is 1. The molecular weight excluding hydrogens is 268 g/mol. The zero-order valence-electron chi connectivity index (χ0n) is 12.7. The molecule has 0 radical (unpaired) electrons. The second-order valence-corrected chi connectivity index (χ2v) is 5.10. The Morgan fingerprint density at radius 3 is 2.95 bits per heavy atom. The summed E-state index contributed by atoms with van der Waals surface area (Å²) in [6.07, 6.45) is 1.29. The summed E-state index contributed by atoms with van der Waals surface area (Å²) in [6, 6.07) is 5.77. The Morgan fingerprint density at radius 2 is 2.29 bits per heavy atom. The molecule has 3 N–H and O–H groups in total. The van der Waals surface area contributed by atoms with Crippen molar-refractivity contribution in [1.29, 1.82) is 0 Å². The molecule has 1 aromatic carbocycles. The molecule has 2 aromatic rings. The van der Waals surface area contributed by atoms with Gasteiger partial charge in [0, 0.05) is 25.1 Å². The van der Waals surface area contributed by atoms with Gasteiger partial charge in [0.05, 0.1) is 18.1 Å². The van der Waals surface area contributed by atoms with Crippen molar-refractivity contribution in [2.24, 2.45) is 0 Å². The molecule has 1 aromatic heterocycles. The average molecular weight is 290 g/mol. The van der Waals surface area contributed by atoms with E-state index in [1.807, 2.05) is 36.6 Å². The number of aromatic nitrogens is 2. The van der Waals surface area contributed by atoms with E-state index in [0.717, 1.165) is 23.2 Å².